The molecule has 0 aromatic heterocycles. The average molecular weight is 307 g/mol. The smallest absolute Gasteiger partial charge is 0.324 e. The van der Waals surface area contributed by atoms with Gasteiger partial charge >= 0.3 is 5.97 Å². The number of rotatable bonds is 4. The van der Waals surface area contributed by atoms with Crippen LogP contribution in [0.4, 0.5) is 0 Å². The summed E-state index contributed by atoms with van der Waals surface area (Å²) in [5.74, 6) is -0.433. The fraction of sp³-hybridized carbons (Fsp3) is 0.222. The first-order valence-corrected chi connectivity index (χ1v) is 5.04. The van der Waals surface area contributed by atoms with Gasteiger partial charge in [-0.05, 0) is 46.9 Å². The van der Waals surface area contributed by atoms with Gasteiger partial charge < -0.3 is 15.6 Å². The Morgan fingerprint density at radius 2 is 2.07 bits per heavy atom. The molecule has 3 N–H and O–H groups in total. The summed E-state index contributed by atoms with van der Waals surface area (Å²) in [4.78, 5) is 10.4. The van der Waals surface area contributed by atoms with Crippen molar-refractivity contribution in [1.82, 2.24) is 0 Å². The standard InChI is InChI=1S/C9H10INO3/c10-6-1-3-7(4-2-6)14-5-8(11)9(12)13/h1-4,8H,5,11H2,(H,12,13). The average Bonchev–Trinajstić information content (AvgIpc) is 2.16. The summed E-state index contributed by atoms with van der Waals surface area (Å²) in [5.41, 5.74) is 5.27. The Labute approximate surface area is 95.2 Å². The number of aliphatic carboxylic acids is 1. The fourth-order valence-corrected chi connectivity index (χ4v) is 1.15. The summed E-state index contributed by atoms with van der Waals surface area (Å²) in [5, 5.41) is 8.50. The first kappa shape index (κ1) is 11.3. The summed E-state index contributed by atoms with van der Waals surface area (Å²) >= 11 is 2.17. The third-order valence-corrected chi connectivity index (χ3v) is 2.28. The highest BCUT2D eigenvalue weighted by atomic mass is 127. The molecule has 1 unspecified atom stereocenters. The molecule has 0 radical (unpaired) electrons. The van der Waals surface area contributed by atoms with Crippen molar-refractivity contribution in [3.63, 3.8) is 0 Å². The lowest BCUT2D eigenvalue weighted by Crippen LogP contribution is -2.36. The molecule has 76 valence electrons. The second-order valence-corrected chi connectivity index (χ2v) is 3.96. The van der Waals surface area contributed by atoms with Gasteiger partial charge in [-0.15, -0.1) is 0 Å². The summed E-state index contributed by atoms with van der Waals surface area (Å²) in [6.45, 7) is -0.0179. The Kier molecular flexibility index (Phi) is 4.15. The normalized spacial score (nSPS) is 12.1. The molecule has 0 aliphatic heterocycles. The molecule has 0 bridgehead atoms. The number of ether oxygens (including phenoxy) is 1. The van der Waals surface area contributed by atoms with Gasteiger partial charge in [0.1, 0.15) is 18.4 Å². The molecule has 0 amide bonds. The molecule has 1 rings (SSSR count). The van der Waals surface area contributed by atoms with Crippen molar-refractivity contribution >= 4 is 28.6 Å². The van der Waals surface area contributed by atoms with Gasteiger partial charge in [-0.1, -0.05) is 0 Å². The second-order valence-electron chi connectivity index (χ2n) is 2.71. The zero-order valence-electron chi connectivity index (χ0n) is 7.31. The van der Waals surface area contributed by atoms with E-state index in [2.05, 4.69) is 22.6 Å². The first-order valence-electron chi connectivity index (χ1n) is 3.96. The number of benzene rings is 1. The summed E-state index contributed by atoms with van der Waals surface area (Å²) in [7, 11) is 0. The van der Waals surface area contributed by atoms with Gasteiger partial charge in [-0.2, -0.15) is 0 Å². The maximum Gasteiger partial charge on any atom is 0.324 e. The van der Waals surface area contributed by atoms with Crippen molar-refractivity contribution < 1.29 is 14.6 Å². The number of carbonyl (C=O) groups is 1. The maximum atomic E-state index is 10.4. The Morgan fingerprint density at radius 1 is 1.50 bits per heavy atom. The minimum atomic E-state index is -1.06. The zero-order chi connectivity index (χ0) is 10.6. The van der Waals surface area contributed by atoms with Crippen LogP contribution in [0.15, 0.2) is 24.3 Å². The van der Waals surface area contributed by atoms with Gasteiger partial charge in [0, 0.05) is 3.57 Å². The predicted octanol–water partition coefficient (Wildman–Crippen LogP) is 1.08. The monoisotopic (exact) mass is 307 g/mol. The van der Waals surface area contributed by atoms with Gasteiger partial charge in [-0.3, -0.25) is 4.79 Å². The Hall–Kier alpha value is -0.820. The van der Waals surface area contributed by atoms with E-state index in [0.29, 0.717) is 5.75 Å². The lowest BCUT2D eigenvalue weighted by Gasteiger charge is -2.08. The van der Waals surface area contributed by atoms with Crippen molar-refractivity contribution in [2.75, 3.05) is 6.61 Å². The largest absolute Gasteiger partial charge is 0.491 e. The lowest BCUT2D eigenvalue weighted by atomic mass is 10.3. The van der Waals surface area contributed by atoms with Crippen molar-refractivity contribution in [3.05, 3.63) is 27.8 Å². The molecule has 5 heteroatoms. The van der Waals surface area contributed by atoms with Gasteiger partial charge in [-0.25, -0.2) is 0 Å². The summed E-state index contributed by atoms with van der Waals surface area (Å²) in [6, 6.07) is 6.33. The molecular formula is C9H10INO3. The van der Waals surface area contributed by atoms with Crippen molar-refractivity contribution in [1.29, 1.82) is 0 Å². The van der Waals surface area contributed by atoms with Crippen LogP contribution in [-0.4, -0.2) is 23.7 Å². The molecule has 1 aromatic carbocycles. The number of carboxylic acid groups (broad SMARTS) is 1. The second kappa shape index (κ2) is 5.16. The van der Waals surface area contributed by atoms with E-state index in [4.69, 9.17) is 15.6 Å². The van der Waals surface area contributed by atoms with Crippen LogP contribution in [-0.2, 0) is 4.79 Å². The minimum Gasteiger partial charge on any atom is -0.491 e. The van der Waals surface area contributed by atoms with Crippen LogP contribution in [0.3, 0.4) is 0 Å². The van der Waals surface area contributed by atoms with E-state index >= 15 is 0 Å². The molecule has 0 saturated carbocycles. The van der Waals surface area contributed by atoms with E-state index in [9.17, 15) is 4.79 Å². The predicted molar refractivity (Wildman–Crippen MR) is 60.3 cm³/mol. The Morgan fingerprint density at radius 3 is 2.57 bits per heavy atom. The van der Waals surface area contributed by atoms with Crippen LogP contribution >= 0.6 is 22.6 Å². The van der Waals surface area contributed by atoms with E-state index < -0.39 is 12.0 Å². The van der Waals surface area contributed by atoms with Gasteiger partial charge in [0.2, 0.25) is 0 Å². The molecule has 0 aliphatic rings. The number of hydrogen-bond donors (Lipinski definition) is 2. The molecule has 1 aromatic rings. The highest BCUT2D eigenvalue weighted by molar-refractivity contribution is 14.1. The van der Waals surface area contributed by atoms with E-state index in [1.807, 2.05) is 12.1 Å². The Bertz CT molecular complexity index is 312. The van der Waals surface area contributed by atoms with Crippen LogP contribution in [0.5, 0.6) is 5.75 Å². The van der Waals surface area contributed by atoms with Crippen molar-refractivity contribution in [2.45, 2.75) is 6.04 Å². The van der Waals surface area contributed by atoms with Crippen molar-refractivity contribution in [3.8, 4) is 5.75 Å². The fourth-order valence-electron chi connectivity index (χ4n) is 0.788. The zero-order valence-corrected chi connectivity index (χ0v) is 9.47. The van der Waals surface area contributed by atoms with Crippen LogP contribution in [0.1, 0.15) is 0 Å². The number of hydrogen-bond acceptors (Lipinski definition) is 3. The SMILES string of the molecule is NC(COc1ccc(I)cc1)C(=O)O. The topological polar surface area (TPSA) is 72.5 Å². The van der Waals surface area contributed by atoms with E-state index in [-0.39, 0.29) is 6.61 Å². The molecule has 0 heterocycles. The molecule has 0 saturated heterocycles. The van der Waals surface area contributed by atoms with Crippen LogP contribution < -0.4 is 10.5 Å². The first-order chi connectivity index (χ1) is 6.59. The number of halogens is 1. The molecule has 0 fully saturated rings. The molecule has 0 aliphatic carbocycles. The van der Waals surface area contributed by atoms with Crippen LogP contribution in [0, 0.1) is 3.57 Å². The summed E-state index contributed by atoms with van der Waals surface area (Å²) < 4.78 is 6.27. The van der Waals surface area contributed by atoms with Gasteiger partial charge in [0.15, 0.2) is 0 Å². The molecular weight excluding hydrogens is 297 g/mol. The highest BCUT2D eigenvalue weighted by Gasteiger charge is 2.11. The highest BCUT2D eigenvalue weighted by Crippen LogP contribution is 2.13. The third-order valence-electron chi connectivity index (χ3n) is 1.56. The molecule has 1 atom stereocenters. The Balaban J connectivity index is 2.46. The minimum absolute atomic E-state index is 0.0179. The van der Waals surface area contributed by atoms with E-state index in [1.165, 1.54) is 0 Å². The maximum absolute atomic E-state index is 10.4. The molecule has 4 nitrogen and oxygen atoms in total. The van der Waals surface area contributed by atoms with Crippen molar-refractivity contribution in [2.24, 2.45) is 5.73 Å². The van der Waals surface area contributed by atoms with Crippen LogP contribution in [0.25, 0.3) is 0 Å². The number of carboxylic acids is 1. The van der Waals surface area contributed by atoms with E-state index in [0.717, 1.165) is 3.57 Å². The summed E-state index contributed by atoms with van der Waals surface area (Å²) in [6.07, 6.45) is 0. The van der Waals surface area contributed by atoms with E-state index in [1.54, 1.807) is 12.1 Å². The van der Waals surface area contributed by atoms with Gasteiger partial charge in [0.25, 0.3) is 0 Å². The molecule has 0 spiro atoms. The molecule has 14 heavy (non-hydrogen) atoms. The number of nitrogens with two attached hydrogens (primary N) is 1. The van der Waals surface area contributed by atoms with Gasteiger partial charge in [0.05, 0.1) is 0 Å². The van der Waals surface area contributed by atoms with Crippen LogP contribution in [0.2, 0.25) is 0 Å². The third kappa shape index (κ3) is 3.51. The quantitative estimate of drug-likeness (QED) is 0.817. The lowest BCUT2D eigenvalue weighted by molar-refractivity contribution is -0.139.